The quantitative estimate of drug-likeness (QED) is 0.743. The highest BCUT2D eigenvalue weighted by molar-refractivity contribution is 5.77. The van der Waals surface area contributed by atoms with Crippen molar-refractivity contribution in [3.8, 4) is 0 Å². The molecule has 18 heavy (non-hydrogen) atoms. The van der Waals surface area contributed by atoms with Gasteiger partial charge in [0.15, 0.2) is 0 Å². The molecule has 0 aliphatic carbocycles. The van der Waals surface area contributed by atoms with Gasteiger partial charge in [0, 0.05) is 39.3 Å². The second kappa shape index (κ2) is 5.99. The molecule has 5 nitrogen and oxygen atoms in total. The molecular formula is C13H23NO4. The SMILES string of the molecule is COCC(=O)N1CC[C@@H]2OCCC[C@]2(COC)C1. The second-order valence-corrected chi connectivity index (χ2v) is 5.30. The molecule has 0 aromatic heterocycles. The Kier molecular flexibility index (Phi) is 4.59. The number of likely N-dealkylation sites (tertiary alicyclic amines) is 1. The Balaban J connectivity index is 2.06. The third-order valence-corrected chi connectivity index (χ3v) is 4.04. The number of amides is 1. The molecule has 0 bridgehead atoms. The summed E-state index contributed by atoms with van der Waals surface area (Å²) in [6, 6.07) is 0. The van der Waals surface area contributed by atoms with Gasteiger partial charge in [0.05, 0.1) is 12.7 Å². The highest BCUT2D eigenvalue weighted by Crippen LogP contribution is 2.40. The van der Waals surface area contributed by atoms with Crippen LogP contribution in [0.3, 0.4) is 0 Å². The smallest absolute Gasteiger partial charge is 0.248 e. The van der Waals surface area contributed by atoms with Crippen molar-refractivity contribution in [2.24, 2.45) is 5.41 Å². The average Bonchev–Trinajstić information content (AvgIpc) is 2.38. The Morgan fingerprint density at radius 2 is 2.28 bits per heavy atom. The number of carbonyl (C=O) groups is 1. The van der Waals surface area contributed by atoms with Crippen molar-refractivity contribution in [3.63, 3.8) is 0 Å². The molecule has 0 unspecified atom stereocenters. The van der Waals surface area contributed by atoms with Crippen LogP contribution < -0.4 is 0 Å². The maximum Gasteiger partial charge on any atom is 0.248 e. The van der Waals surface area contributed by atoms with Crippen LogP contribution in [0.15, 0.2) is 0 Å². The predicted octanol–water partition coefficient (Wildman–Crippen LogP) is 0.677. The normalized spacial score (nSPS) is 32.1. The van der Waals surface area contributed by atoms with Gasteiger partial charge in [-0.05, 0) is 19.3 Å². The summed E-state index contributed by atoms with van der Waals surface area (Å²) < 4.78 is 16.2. The molecule has 0 aromatic rings. The first-order valence-corrected chi connectivity index (χ1v) is 6.59. The minimum atomic E-state index is -0.0192. The summed E-state index contributed by atoms with van der Waals surface area (Å²) >= 11 is 0. The third kappa shape index (κ3) is 2.68. The Bertz CT molecular complexity index is 293. The van der Waals surface area contributed by atoms with Crippen LogP contribution in [0.2, 0.25) is 0 Å². The van der Waals surface area contributed by atoms with Gasteiger partial charge in [-0.15, -0.1) is 0 Å². The van der Waals surface area contributed by atoms with Crippen LogP contribution >= 0.6 is 0 Å². The summed E-state index contributed by atoms with van der Waals surface area (Å²) in [6.07, 6.45) is 3.26. The third-order valence-electron chi connectivity index (χ3n) is 4.04. The van der Waals surface area contributed by atoms with Crippen molar-refractivity contribution in [2.45, 2.75) is 25.4 Å². The molecule has 1 amide bonds. The largest absolute Gasteiger partial charge is 0.384 e. The molecule has 0 spiro atoms. The molecule has 2 fully saturated rings. The fraction of sp³-hybridized carbons (Fsp3) is 0.923. The topological polar surface area (TPSA) is 48.0 Å². The van der Waals surface area contributed by atoms with E-state index in [-0.39, 0.29) is 24.0 Å². The summed E-state index contributed by atoms with van der Waals surface area (Å²) in [5, 5.41) is 0. The number of hydrogen-bond acceptors (Lipinski definition) is 4. The van der Waals surface area contributed by atoms with Crippen LogP contribution in [0.4, 0.5) is 0 Å². The maximum absolute atomic E-state index is 11.9. The monoisotopic (exact) mass is 257 g/mol. The molecule has 0 saturated carbocycles. The number of piperidine rings is 1. The fourth-order valence-corrected chi connectivity index (χ4v) is 3.22. The number of methoxy groups -OCH3 is 2. The minimum absolute atomic E-state index is 0.0192. The van der Waals surface area contributed by atoms with Gasteiger partial charge in [-0.1, -0.05) is 0 Å². The van der Waals surface area contributed by atoms with Crippen molar-refractivity contribution in [1.29, 1.82) is 0 Å². The first-order chi connectivity index (χ1) is 8.72. The van der Waals surface area contributed by atoms with Gasteiger partial charge in [-0.3, -0.25) is 4.79 Å². The number of hydrogen-bond donors (Lipinski definition) is 0. The molecule has 2 atom stereocenters. The first kappa shape index (κ1) is 13.8. The molecule has 2 saturated heterocycles. The van der Waals surface area contributed by atoms with Crippen LogP contribution in [0.1, 0.15) is 19.3 Å². The van der Waals surface area contributed by atoms with Crippen LogP contribution in [0.5, 0.6) is 0 Å². The Morgan fingerprint density at radius 3 is 3.00 bits per heavy atom. The fourth-order valence-electron chi connectivity index (χ4n) is 3.22. The van der Waals surface area contributed by atoms with Gasteiger partial charge in [0.2, 0.25) is 5.91 Å². The van der Waals surface area contributed by atoms with E-state index in [1.165, 1.54) is 0 Å². The molecule has 5 heteroatoms. The second-order valence-electron chi connectivity index (χ2n) is 5.30. The number of rotatable bonds is 4. The number of fused-ring (bicyclic) bond motifs is 1. The van der Waals surface area contributed by atoms with Crippen molar-refractivity contribution >= 4 is 5.91 Å². The van der Waals surface area contributed by atoms with E-state index in [2.05, 4.69) is 0 Å². The summed E-state index contributed by atoms with van der Waals surface area (Å²) in [4.78, 5) is 13.8. The lowest BCUT2D eigenvalue weighted by molar-refractivity contribution is -0.164. The van der Waals surface area contributed by atoms with Crippen LogP contribution in [0, 0.1) is 5.41 Å². The highest BCUT2D eigenvalue weighted by atomic mass is 16.5. The van der Waals surface area contributed by atoms with Crippen molar-refractivity contribution in [2.75, 3.05) is 47.1 Å². The number of carbonyl (C=O) groups excluding carboxylic acids is 1. The lowest BCUT2D eigenvalue weighted by Crippen LogP contribution is -2.58. The average molecular weight is 257 g/mol. The Labute approximate surface area is 108 Å². The zero-order chi connectivity index (χ0) is 13.0. The van der Waals surface area contributed by atoms with E-state index in [0.717, 1.165) is 39.0 Å². The molecular weight excluding hydrogens is 234 g/mol. The molecule has 104 valence electrons. The summed E-state index contributed by atoms with van der Waals surface area (Å²) in [5.41, 5.74) is -0.0192. The van der Waals surface area contributed by atoms with Gasteiger partial charge < -0.3 is 19.1 Å². The van der Waals surface area contributed by atoms with Crippen molar-refractivity contribution in [3.05, 3.63) is 0 Å². The highest BCUT2D eigenvalue weighted by Gasteiger charge is 2.46. The maximum atomic E-state index is 11.9. The van der Waals surface area contributed by atoms with E-state index in [1.54, 1.807) is 14.2 Å². The van der Waals surface area contributed by atoms with Gasteiger partial charge in [-0.2, -0.15) is 0 Å². The molecule has 2 heterocycles. The number of ether oxygens (including phenoxy) is 3. The van der Waals surface area contributed by atoms with Gasteiger partial charge in [0.1, 0.15) is 6.61 Å². The Hall–Kier alpha value is -0.650. The van der Waals surface area contributed by atoms with Crippen LogP contribution in [0.25, 0.3) is 0 Å². The lowest BCUT2D eigenvalue weighted by Gasteiger charge is -2.50. The van der Waals surface area contributed by atoms with Gasteiger partial charge in [0.25, 0.3) is 0 Å². The van der Waals surface area contributed by atoms with E-state index < -0.39 is 0 Å². The zero-order valence-corrected chi connectivity index (χ0v) is 11.3. The van der Waals surface area contributed by atoms with E-state index in [9.17, 15) is 4.79 Å². The van der Waals surface area contributed by atoms with E-state index in [4.69, 9.17) is 14.2 Å². The van der Waals surface area contributed by atoms with E-state index in [1.807, 2.05) is 4.90 Å². The molecule has 2 aliphatic rings. The van der Waals surface area contributed by atoms with Gasteiger partial charge in [-0.25, -0.2) is 0 Å². The summed E-state index contributed by atoms with van der Waals surface area (Å²) in [5.74, 6) is 0.0667. The van der Waals surface area contributed by atoms with E-state index >= 15 is 0 Å². The molecule has 2 aliphatic heterocycles. The zero-order valence-electron chi connectivity index (χ0n) is 11.3. The summed E-state index contributed by atoms with van der Waals surface area (Å²) in [6.45, 7) is 3.15. The molecule has 0 radical (unpaired) electrons. The lowest BCUT2D eigenvalue weighted by atomic mass is 9.73. The van der Waals surface area contributed by atoms with Crippen molar-refractivity contribution < 1.29 is 19.0 Å². The van der Waals surface area contributed by atoms with Crippen LogP contribution in [-0.2, 0) is 19.0 Å². The minimum Gasteiger partial charge on any atom is -0.384 e. The van der Waals surface area contributed by atoms with Crippen LogP contribution in [-0.4, -0.2) is 64.0 Å². The first-order valence-electron chi connectivity index (χ1n) is 6.59. The van der Waals surface area contributed by atoms with E-state index in [0.29, 0.717) is 6.61 Å². The predicted molar refractivity (Wildman–Crippen MR) is 66.4 cm³/mol. The Morgan fingerprint density at radius 1 is 1.44 bits per heavy atom. The molecule has 2 rings (SSSR count). The molecule has 0 aromatic carbocycles. The summed E-state index contributed by atoms with van der Waals surface area (Å²) in [7, 11) is 3.27. The number of nitrogens with zero attached hydrogens (tertiary/aromatic N) is 1. The van der Waals surface area contributed by atoms with Gasteiger partial charge >= 0.3 is 0 Å². The standard InChI is InChI=1S/C13H23NO4/c1-16-8-12(15)14-6-4-11-13(9-14,10-17-2)5-3-7-18-11/h11H,3-10H2,1-2H3/t11-,13+/m0/s1. The molecule has 0 N–H and O–H groups in total. The van der Waals surface area contributed by atoms with Crippen molar-refractivity contribution in [1.82, 2.24) is 4.90 Å².